The number of methoxy groups -OCH3 is 1. The predicted octanol–water partition coefficient (Wildman–Crippen LogP) is 3.93. The van der Waals surface area contributed by atoms with E-state index in [9.17, 15) is 23.3 Å². The Labute approximate surface area is 184 Å². The molecule has 3 aromatic carbocycles. The number of ether oxygens (including phenoxy) is 1. The van der Waals surface area contributed by atoms with Crippen LogP contribution in [0.1, 0.15) is 11.1 Å². The molecular weight excluding hydrogens is 434 g/mol. The standard InChI is InChI=1S/C22H19N3O6S/c1-31-19-11-9-16(10-12-19)15-24-22(26)23(14-17-5-4-6-18(13-17)25(27)28)20-7-2-3-8-21(20)32(24,29)30/h2-13H,14-15H2,1H3. The third kappa shape index (κ3) is 3.87. The Hall–Kier alpha value is -3.92. The van der Waals surface area contributed by atoms with Crippen LogP contribution in [-0.4, -0.2) is 30.8 Å². The normalized spacial score (nSPS) is 14.7. The lowest BCUT2D eigenvalue weighted by molar-refractivity contribution is -0.384. The van der Waals surface area contributed by atoms with E-state index < -0.39 is 21.0 Å². The van der Waals surface area contributed by atoms with Gasteiger partial charge in [-0.2, -0.15) is 0 Å². The van der Waals surface area contributed by atoms with Crippen molar-refractivity contribution in [2.45, 2.75) is 18.0 Å². The van der Waals surface area contributed by atoms with Crippen LogP contribution in [0.4, 0.5) is 16.2 Å². The van der Waals surface area contributed by atoms with Crippen LogP contribution in [0.15, 0.2) is 77.7 Å². The highest BCUT2D eigenvalue weighted by Gasteiger charge is 2.41. The van der Waals surface area contributed by atoms with Crippen LogP contribution in [0.25, 0.3) is 0 Å². The summed E-state index contributed by atoms with van der Waals surface area (Å²) in [5.74, 6) is 0.610. The van der Waals surface area contributed by atoms with Crippen LogP contribution in [0, 0.1) is 10.1 Å². The van der Waals surface area contributed by atoms with Crippen molar-refractivity contribution >= 4 is 27.4 Å². The first-order valence-corrected chi connectivity index (χ1v) is 11.0. The van der Waals surface area contributed by atoms with Gasteiger partial charge in [0.1, 0.15) is 10.6 Å². The average molecular weight is 453 g/mol. The number of non-ortho nitro benzene ring substituents is 1. The first-order chi connectivity index (χ1) is 15.3. The molecule has 4 rings (SSSR count). The summed E-state index contributed by atoms with van der Waals surface area (Å²) in [7, 11) is -2.57. The maximum absolute atomic E-state index is 13.4. The van der Waals surface area contributed by atoms with Crippen LogP contribution in [0.5, 0.6) is 5.75 Å². The molecule has 32 heavy (non-hydrogen) atoms. The van der Waals surface area contributed by atoms with Gasteiger partial charge in [0, 0.05) is 12.1 Å². The summed E-state index contributed by atoms with van der Waals surface area (Å²) < 4.78 is 32.4. The fourth-order valence-corrected chi connectivity index (χ4v) is 5.06. The Morgan fingerprint density at radius 2 is 1.66 bits per heavy atom. The quantitative estimate of drug-likeness (QED) is 0.413. The largest absolute Gasteiger partial charge is 0.497 e. The van der Waals surface area contributed by atoms with E-state index in [0.717, 1.165) is 4.31 Å². The molecule has 164 valence electrons. The van der Waals surface area contributed by atoms with E-state index in [1.54, 1.807) is 48.5 Å². The summed E-state index contributed by atoms with van der Waals surface area (Å²) >= 11 is 0. The van der Waals surface area contributed by atoms with Gasteiger partial charge in [0.25, 0.3) is 15.7 Å². The first kappa shape index (κ1) is 21.3. The Balaban J connectivity index is 1.74. The van der Waals surface area contributed by atoms with Gasteiger partial charge < -0.3 is 4.74 Å². The van der Waals surface area contributed by atoms with E-state index in [2.05, 4.69) is 0 Å². The van der Waals surface area contributed by atoms with Gasteiger partial charge in [0.05, 0.1) is 30.8 Å². The number of fused-ring (bicyclic) bond motifs is 1. The lowest BCUT2D eigenvalue weighted by atomic mass is 10.1. The molecule has 1 heterocycles. The van der Waals surface area contributed by atoms with Crippen LogP contribution in [-0.2, 0) is 23.1 Å². The number of hydrogen-bond donors (Lipinski definition) is 0. The Kier molecular flexibility index (Phi) is 5.54. The molecule has 3 aromatic rings. The topological polar surface area (TPSA) is 110 Å². The number of nitro groups is 1. The average Bonchev–Trinajstić information content (AvgIpc) is 2.80. The van der Waals surface area contributed by atoms with Crippen LogP contribution < -0.4 is 9.64 Å². The zero-order chi connectivity index (χ0) is 22.9. The van der Waals surface area contributed by atoms with Crippen molar-refractivity contribution in [1.29, 1.82) is 0 Å². The number of nitro benzene ring substituents is 1. The van der Waals surface area contributed by atoms with Crippen molar-refractivity contribution in [2.75, 3.05) is 12.0 Å². The monoisotopic (exact) mass is 453 g/mol. The van der Waals surface area contributed by atoms with Crippen molar-refractivity contribution in [2.24, 2.45) is 0 Å². The molecule has 0 saturated heterocycles. The number of carbonyl (C=O) groups is 1. The second kappa shape index (κ2) is 8.31. The highest BCUT2D eigenvalue weighted by atomic mass is 32.2. The summed E-state index contributed by atoms with van der Waals surface area (Å²) in [5, 5.41) is 11.1. The fraction of sp³-hybridized carbons (Fsp3) is 0.136. The molecule has 0 aliphatic carbocycles. The number of urea groups is 1. The van der Waals surface area contributed by atoms with E-state index in [1.165, 1.54) is 36.3 Å². The van der Waals surface area contributed by atoms with E-state index in [4.69, 9.17) is 4.74 Å². The van der Waals surface area contributed by atoms with E-state index in [0.29, 0.717) is 16.9 Å². The number of para-hydroxylation sites is 1. The molecule has 0 unspecified atom stereocenters. The zero-order valence-corrected chi connectivity index (χ0v) is 17.9. The van der Waals surface area contributed by atoms with E-state index >= 15 is 0 Å². The molecule has 1 aliphatic heterocycles. The summed E-state index contributed by atoms with van der Waals surface area (Å²) in [6.07, 6.45) is 0. The third-order valence-corrected chi connectivity index (χ3v) is 6.88. The molecule has 0 spiro atoms. The smallest absolute Gasteiger partial charge is 0.339 e. The fourth-order valence-electron chi connectivity index (χ4n) is 3.51. The molecule has 10 heteroatoms. The van der Waals surface area contributed by atoms with Crippen LogP contribution >= 0.6 is 0 Å². The maximum atomic E-state index is 13.4. The number of amides is 2. The molecule has 0 fully saturated rings. The maximum Gasteiger partial charge on any atom is 0.339 e. The predicted molar refractivity (Wildman–Crippen MR) is 117 cm³/mol. The molecule has 0 atom stereocenters. The van der Waals surface area contributed by atoms with Gasteiger partial charge in [-0.3, -0.25) is 15.0 Å². The lowest BCUT2D eigenvalue weighted by Gasteiger charge is -2.36. The first-order valence-electron chi connectivity index (χ1n) is 9.61. The van der Waals surface area contributed by atoms with Gasteiger partial charge in [0.2, 0.25) is 0 Å². The minimum Gasteiger partial charge on any atom is -0.497 e. The van der Waals surface area contributed by atoms with Gasteiger partial charge >= 0.3 is 6.03 Å². The molecule has 2 amide bonds. The van der Waals surface area contributed by atoms with Crippen molar-refractivity contribution in [3.8, 4) is 5.75 Å². The Morgan fingerprint density at radius 3 is 2.34 bits per heavy atom. The number of hydrogen-bond acceptors (Lipinski definition) is 6. The number of rotatable bonds is 6. The Bertz CT molecular complexity index is 1290. The van der Waals surface area contributed by atoms with E-state index in [-0.39, 0.29) is 29.4 Å². The molecular formula is C22H19N3O6S. The van der Waals surface area contributed by atoms with Crippen LogP contribution in [0.3, 0.4) is 0 Å². The minimum absolute atomic E-state index is 0.00135. The molecule has 0 aromatic heterocycles. The molecule has 1 aliphatic rings. The molecule has 0 bridgehead atoms. The SMILES string of the molecule is COc1ccc(CN2C(=O)N(Cc3cccc([N+](=O)[O-])c3)c3ccccc3S2(=O)=O)cc1. The van der Waals surface area contributed by atoms with Crippen molar-refractivity contribution in [3.63, 3.8) is 0 Å². The van der Waals surface area contributed by atoms with Crippen molar-refractivity contribution in [3.05, 3.63) is 94.0 Å². The van der Waals surface area contributed by atoms with Gasteiger partial charge in [0.15, 0.2) is 0 Å². The van der Waals surface area contributed by atoms with Gasteiger partial charge in [-0.25, -0.2) is 17.5 Å². The number of nitrogens with zero attached hydrogens (tertiary/aromatic N) is 3. The number of anilines is 1. The molecule has 0 radical (unpaired) electrons. The van der Waals surface area contributed by atoms with Gasteiger partial charge in [-0.05, 0) is 35.4 Å². The molecule has 9 nitrogen and oxygen atoms in total. The Morgan fingerprint density at radius 1 is 0.938 bits per heavy atom. The summed E-state index contributed by atoms with van der Waals surface area (Å²) in [5.41, 5.74) is 1.24. The highest BCUT2D eigenvalue weighted by Crippen LogP contribution is 2.36. The van der Waals surface area contributed by atoms with Gasteiger partial charge in [-0.15, -0.1) is 0 Å². The lowest BCUT2D eigenvalue weighted by Crippen LogP contribution is -2.49. The molecule has 0 N–H and O–H groups in total. The summed E-state index contributed by atoms with van der Waals surface area (Å²) in [4.78, 5) is 25.3. The summed E-state index contributed by atoms with van der Waals surface area (Å²) in [6.45, 7) is -0.183. The highest BCUT2D eigenvalue weighted by molar-refractivity contribution is 7.90. The van der Waals surface area contributed by atoms with E-state index in [1.807, 2.05) is 0 Å². The number of carbonyl (C=O) groups excluding carboxylic acids is 1. The second-order valence-corrected chi connectivity index (χ2v) is 8.95. The van der Waals surface area contributed by atoms with Crippen molar-refractivity contribution < 1.29 is 22.9 Å². The molecule has 0 saturated carbocycles. The summed E-state index contributed by atoms with van der Waals surface area (Å²) in [6, 6.07) is 18.1. The number of sulfonamides is 1. The second-order valence-electron chi connectivity index (χ2n) is 7.12. The van der Waals surface area contributed by atoms with Gasteiger partial charge in [-0.1, -0.05) is 36.4 Å². The zero-order valence-electron chi connectivity index (χ0n) is 17.0. The van der Waals surface area contributed by atoms with Crippen molar-refractivity contribution in [1.82, 2.24) is 4.31 Å². The van der Waals surface area contributed by atoms with Crippen LogP contribution in [0.2, 0.25) is 0 Å². The minimum atomic E-state index is -4.09. The number of benzene rings is 3. The third-order valence-electron chi connectivity index (χ3n) is 5.12.